The Hall–Kier alpha value is -0.490. The van der Waals surface area contributed by atoms with E-state index in [-0.39, 0.29) is 49.3 Å². The highest BCUT2D eigenvalue weighted by Crippen LogP contribution is 1.59. The molecule has 0 aromatic carbocycles. The average Bonchev–Trinajstić information content (AvgIpc) is 0.722. The minimum absolute atomic E-state index is 0. The summed E-state index contributed by atoms with van der Waals surface area (Å²) in [5.41, 5.74) is 0. The van der Waals surface area contributed by atoms with E-state index in [0.717, 1.165) is 0 Å². The molecule has 14 heavy (non-hydrogen) atoms. The summed E-state index contributed by atoms with van der Waals surface area (Å²) in [6, 6.07) is 0. The Kier molecular flexibility index (Phi) is 669. The molecule has 13 nitrogen and oxygen atoms in total. The Balaban J connectivity index is -0.00000000222. The Morgan fingerprint density at radius 2 is 0.500 bits per heavy atom. The molecule has 0 saturated carbocycles. The van der Waals surface area contributed by atoms with E-state index in [1.165, 1.54) is 0 Å². The van der Waals surface area contributed by atoms with Crippen molar-refractivity contribution in [3.8, 4) is 0 Å². The summed E-state index contributed by atoms with van der Waals surface area (Å²) < 4.78 is 31.6. The minimum Gasteiger partial charge on any atom is -0.412 e. The van der Waals surface area contributed by atoms with Gasteiger partial charge in [0.05, 0.1) is 0 Å². The van der Waals surface area contributed by atoms with E-state index in [1.807, 2.05) is 0 Å². The molecule has 0 fully saturated rings. The second-order valence-corrected chi connectivity index (χ2v) is 1.34. The van der Waals surface area contributed by atoms with Crippen LogP contribution < -0.4 is 0 Å². The van der Waals surface area contributed by atoms with E-state index in [2.05, 4.69) is 0 Å². The standard InChI is InChI=1S/H2O4S.9H2O/c1-5(2,3)4;;;;;;;;;/h(H2,1,2,3,4);9*1H2. The van der Waals surface area contributed by atoms with Gasteiger partial charge in [-0.2, -0.15) is 8.42 Å². The molecule has 104 valence electrons. The third-order valence-electron chi connectivity index (χ3n) is 0. The first kappa shape index (κ1) is 172. The van der Waals surface area contributed by atoms with Crippen LogP contribution >= 0.6 is 0 Å². The van der Waals surface area contributed by atoms with E-state index in [1.54, 1.807) is 0 Å². The summed E-state index contributed by atoms with van der Waals surface area (Å²) in [5, 5.41) is 0. The minimum atomic E-state index is -4.67. The fourth-order valence-corrected chi connectivity index (χ4v) is 0. The van der Waals surface area contributed by atoms with Crippen LogP contribution in [0.15, 0.2) is 0 Å². The predicted octanol–water partition coefficient (Wildman–Crippen LogP) is -8.08. The first-order chi connectivity index (χ1) is 2.00. The lowest BCUT2D eigenvalue weighted by atomic mass is 15.8. The fraction of sp³-hybridized carbons (Fsp3) is 0. The zero-order valence-electron chi connectivity index (χ0n) is 6.62. The van der Waals surface area contributed by atoms with Crippen molar-refractivity contribution >= 4 is 10.4 Å². The monoisotopic (exact) mass is 260 g/mol. The highest BCUT2D eigenvalue weighted by atomic mass is 32.3. The van der Waals surface area contributed by atoms with Crippen molar-refractivity contribution in [1.82, 2.24) is 0 Å². The van der Waals surface area contributed by atoms with Crippen molar-refractivity contribution in [2.75, 3.05) is 0 Å². The maximum absolute atomic E-state index is 8.74. The smallest absolute Gasteiger partial charge is 0.394 e. The Labute approximate surface area is 78.3 Å². The van der Waals surface area contributed by atoms with Gasteiger partial charge >= 0.3 is 10.4 Å². The molecule has 14 heteroatoms. The maximum Gasteiger partial charge on any atom is 0.394 e. The van der Waals surface area contributed by atoms with Crippen LogP contribution in [0.5, 0.6) is 0 Å². The van der Waals surface area contributed by atoms with Crippen molar-refractivity contribution in [2.45, 2.75) is 0 Å². The van der Waals surface area contributed by atoms with Gasteiger partial charge in [-0.15, -0.1) is 0 Å². The second kappa shape index (κ2) is 54.6. The molecular weight excluding hydrogens is 240 g/mol. The number of hydrogen-bond acceptors (Lipinski definition) is 2. The molecule has 0 aliphatic carbocycles. The van der Waals surface area contributed by atoms with E-state index < -0.39 is 10.4 Å². The van der Waals surface area contributed by atoms with Crippen LogP contribution in [0.25, 0.3) is 0 Å². The first-order valence-corrected chi connectivity index (χ1v) is 2.10. The van der Waals surface area contributed by atoms with Crippen LogP contribution in [0.4, 0.5) is 0 Å². The molecule has 20 N–H and O–H groups in total. The molecule has 0 saturated heterocycles. The molecule has 0 aromatic heterocycles. The van der Waals surface area contributed by atoms with Crippen LogP contribution in [0.2, 0.25) is 0 Å². The maximum atomic E-state index is 8.74. The van der Waals surface area contributed by atoms with E-state index in [9.17, 15) is 0 Å². The van der Waals surface area contributed by atoms with Gasteiger partial charge < -0.3 is 49.3 Å². The van der Waals surface area contributed by atoms with Crippen LogP contribution in [-0.2, 0) is 10.4 Å². The van der Waals surface area contributed by atoms with Gasteiger partial charge in [0, 0.05) is 0 Å². The molecule has 0 rings (SSSR count). The molecule has 0 atom stereocenters. The van der Waals surface area contributed by atoms with Crippen molar-refractivity contribution in [3.05, 3.63) is 0 Å². The van der Waals surface area contributed by atoms with Gasteiger partial charge in [0.25, 0.3) is 0 Å². The van der Waals surface area contributed by atoms with Gasteiger partial charge in [-0.25, -0.2) is 0 Å². The highest BCUT2D eigenvalue weighted by molar-refractivity contribution is 7.79. The van der Waals surface area contributed by atoms with E-state index in [4.69, 9.17) is 17.5 Å². The van der Waals surface area contributed by atoms with Gasteiger partial charge in [0.15, 0.2) is 0 Å². The van der Waals surface area contributed by atoms with Crippen LogP contribution in [0.3, 0.4) is 0 Å². The summed E-state index contributed by atoms with van der Waals surface area (Å²) >= 11 is 0. The third-order valence-corrected chi connectivity index (χ3v) is 0. The molecule has 0 amide bonds. The molecule has 0 unspecified atom stereocenters. The topological polar surface area (TPSA) is 358 Å². The van der Waals surface area contributed by atoms with Gasteiger partial charge in [-0.1, -0.05) is 0 Å². The van der Waals surface area contributed by atoms with Crippen molar-refractivity contribution in [1.29, 1.82) is 0 Å². The average molecular weight is 260 g/mol. The van der Waals surface area contributed by atoms with Gasteiger partial charge in [-0.3, -0.25) is 9.11 Å². The quantitative estimate of drug-likeness (QED) is 0.400. The third kappa shape index (κ3) is 5300. The molecular formula is H20O13S. The summed E-state index contributed by atoms with van der Waals surface area (Å²) in [5.74, 6) is 0. The Morgan fingerprint density at radius 3 is 0.500 bits per heavy atom. The van der Waals surface area contributed by atoms with Crippen LogP contribution in [-0.4, -0.2) is 66.8 Å². The molecule has 0 spiro atoms. The molecule has 0 aliphatic rings. The lowest BCUT2D eigenvalue weighted by Gasteiger charge is -1.68. The Morgan fingerprint density at radius 1 is 0.500 bits per heavy atom. The zero-order valence-corrected chi connectivity index (χ0v) is 7.44. The van der Waals surface area contributed by atoms with Gasteiger partial charge in [0.1, 0.15) is 0 Å². The highest BCUT2D eigenvalue weighted by Gasteiger charge is 1.84. The SMILES string of the molecule is O.O.O.O.O.O.O.O.O.O=S(=O)(O)O. The first-order valence-electron chi connectivity index (χ1n) is 0.698. The lowest BCUT2D eigenvalue weighted by Crippen LogP contribution is -1.89. The molecule has 0 aliphatic heterocycles. The molecule has 0 bridgehead atoms. The Bertz CT molecular complexity index is 88.4. The van der Waals surface area contributed by atoms with Crippen molar-refractivity contribution < 1.29 is 66.8 Å². The second-order valence-electron chi connectivity index (χ2n) is 0.448. The van der Waals surface area contributed by atoms with Gasteiger partial charge in [0.2, 0.25) is 0 Å². The summed E-state index contributed by atoms with van der Waals surface area (Å²) in [7, 11) is -4.67. The normalized spacial score (nSPS) is 4.14. The molecule has 0 radical (unpaired) electrons. The summed E-state index contributed by atoms with van der Waals surface area (Å²) in [6.45, 7) is 0. The lowest BCUT2D eigenvalue weighted by molar-refractivity contribution is 0.381. The van der Waals surface area contributed by atoms with Crippen LogP contribution in [0.1, 0.15) is 0 Å². The van der Waals surface area contributed by atoms with Gasteiger partial charge in [-0.05, 0) is 0 Å². The van der Waals surface area contributed by atoms with E-state index >= 15 is 0 Å². The number of rotatable bonds is 0. The number of hydrogen-bond donors (Lipinski definition) is 2. The van der Waals surface area contributed by atoms with Crippen molar-refractivity contribution in [2.24, 2.45) is 0 Å². The largest absolute Gasteiger partial charge is 0.412 e. The van der Waals surface area contributed by atoms with Crippen molar-refractivity contribution in [3.63, 3.8) is 0 Å². The molecule has 0 heterocycles. The molecule has 0 aromatic rings. The predicted molar refractivity (Wildman–Crippen MR) is 46.7 cm³/mol. The summed E-state index contributed by atoms with van der Waals surface area (Å²) in [4.78, 5) is 0. The van der Waals surface area contributed by atoms with E-state index in [0.29, 0.717) is 0 Å². The fourth-order valence-electron chi connectivity index (χ4n) is 0. The van der Waals surface area contributed by atoms with Crippen LogP contribution in [0, 0.1) is 0 Å². The summed E-state index contributed by atoms with van der Waals surface area (Å²) in [6.07, 6.45) is 0. The zero-order chi connectivity index (χ0) is 4.50.